The van der Waals surface area contributed by atoms with E-state index < -0.39 is 11.6 Å². The van der Waals surface area contributed by atoms with Crippen LogP contribution in [0.25, 0.3) is 10.9 Å². The summed E-state index contributed by atoms with van der Waals surface area (Å²) in [4.78, 5) is 13.8. The van der Waals surface area contributed by atoms with Crippen LogP contribution in [0.4, 0.5) is 8.78 Å². The number of nitrogens with zero attached hydrogens (tertiary/aromatic N) is 2. The van der Waals surface area contributed by atoms with Gasteiger partial charge in [0.2, 0.25) is 0 Å². The van der Waals surface area contributed by atoms with Crippen LogP contribution < -0.4 is 16.2 Å². The molecule has 0 amide bonds. The van der Waals surface area contributed by atoms with Gasteiger partial charge in [0.1, 0.15) is 23.0 Å². The Balaban J connectivity index is 0.00000107. The maximum absolute atomic E-state index is 12.5. The molecule has 0 spiro atoms. The van der Waals surface area contributed by atoms with Gasteiger partial charge in [0, 0.05) is 35.5 Å². The van der Waals surface area contributed by atoms with E-state index in [0.717, 1.165) is 113 Å². The number of nitrogens with one attached hydrogen (secondary N) is 2. The highest BCUT2D eigenvalue weighted by Gasteiger charge is 2.13. The molecule has 0 aliphatic rings. The topological polar surface area (TPSA) is 260 Å². The molecule has 0 atom stereocenters. The van der Waals surface area contributed by atoms with Crippen LogP contribution in [-0.4, -0.2) is 63.2 Å². The van der Waals surface area contributed by atoms with Crippen molar-refractivity contribution < 1.29 is 49.3 Å². The normalized spacial score (nSPS) is 9.66. The molecule has 0 unspecified atom stereocenters. The Morgan fingerprint density at radius 1 is 0.479 bits per heavy atom. The quantitative estimate of drug-likeness (QED) is 0.0170. The molecule has 0 aliphatic heterocycles. The number of fused-ring (bicyclic) bond motifs is 1. The lowest BCUT2D eigenvalue weighted by atomic mass is 10.1. The number of H-pyrrole nitrogens is 2. The molecule has 0 bridgehead atoms. The maximum atomic E-state index is 12.5. The van der Waals surface area contributed by atoms with Crippen LogP contribution in [0.5, 0.6) is 51.7 Å². The third kappa shape index (κ3) is 34.8. The van der Waals surface area contributed by atoms with Crippen molar-refractivity contribution in [1.82, 2.24) is 15.0 Å². The third-order valence-electron chi connectivity index (χ3n) is 13.4. The average Bonchev–Trinajstić information content (AvgIpc) is 1.06. The van der Waals surface area contributed by atoms with Gasteiger partial charge in [-0.05, 0) is 278 Å². The number of hydrogen-bond acceptors (Lipinski definition) is 10. The molecule has 2 heterocycles. The molecule has 8 aromatic carbocycles. The number of aromatic hydroxyl groups is 7. The van der Waals surface area contributed by atoms with Gasteiger partial charge in [-0.3, -0.25) is 4.99 Å². The number of unbranched alkanes of at least 4 members (excludes halogenated alkanes) is 1. The first-order valence-corrected chi connectivity index (χ1v) is 35.1. The Bertz CT molecular complexity index is 3630. The molecule has 2 aromatic heterocycles. The number of phenolic OH excluding ortho intramolecular Hbond substituents is 7. The molecule has 522 valence electrons. The standard InChI is InChI=1S/C14H10I4O2.C10H11N.2C8H9FO.C8H10O2.2C8H10O.C5H13N3.C5H8N2.2CH4/c1-2-7-3-11(17)14(12(18)4-7)20-8-5-9(15)13(19)10(16)6-8;1-2-8-7-11-10-6-4-3-5-9(8)10;1-2-6-3-4-8(10)7(9)5-6;2*1-2-6-3-4-7(9)8(10)5-6;1-2-7-3-5-8(9)6-4-7;1-2-7-4-3-5-8(9)6-7;1-2-3-4-8-5(6)7;1-2-5-3-6-4-7-5;;/h3-6,19H,2H2,1H3;3-7,11H,2H2,1H3;2*3-5,10H,2H2,1H3;3-5,9-10H,2H2,1H3;2*3-6,9H,2H2,1H3;2-4H2,1H3,(H4,6,7,8);3-4H,2H2,1H3,(H,6,7);2*1H4. The van der Waals surface area contributed by atoms with Crippen molar-refractivity contribution in [2.24, 2.45) is 16.5 Å². The van der Waals surface area contributed by atoms with Gasteiger partial charge in [-0.1, -0.05) is 144 Å². The highest BCUT2D eigenvalue weighted by Crippen LogP contribution is 2.37. The number of benzene rings is 8. The molecule has 10 aromatic rings. The van der Waals surface area contributed by atoms with Crippen LogP contribution in [0.2, 0.25) is 0 Å². The lowest BCUT2D eigenvalue weighted by Crippen LogP contribution is -2.22. The molecule has 0 radical (unpaired) electrons. The summed E-state index contributed by atoms with van der Waals surface area (Å²) in [6.45, 7) is 19.3. The van der Waals surface area contributed by atoms with E-state index in [2.05, 4.69) is 194 Å². The summed E-state index contributed by atoms with van der Waals surface area (Å²) >= 11 is 8.82. The first-order valence-electron chi connectivity index (χ1n) is 30.8. The van der Waals surface area contributed by atoms with E-state index in [0.29, 0.717) is 17.2 Å². The van der Waals surface area contributed by atoms with Crippen molar-refractivity contribution >= 4 is 107 Å². The lowest BCUT2D eigenvalue weighted by Gasteiger charge is -2.13. The predicted octanol–water partition coefficient (Wildman–Crippen LogP) is 21.0. The van der Waals surface area contributed by atoms with Gasteiger partial charge >= 0.3 is 0 Å². The number of guanidine groups is 1. The predicted molar refractivity (Wildman–Crippen MR) is 429 cm³/mol. The second-order valence-electron chi connectivity index (χ2n) is 20.4. The number of halogens is 6. The van der Waals surface area contributed by atoms with E-state index >= 15 is 0 Å². The largest absolute Gasteiger partial charge is 0.508 e. The van der Waals surface area contributed by atoms with Crippen molar-refractivity contribution in [1.29, 1.82) is 0 Å². The minimum Gasteiger partial charge on any atom is -0.508 e. The van der Waals surface area contributed by atoms with Crippen LogP contribution >= 0.6 is 90.4 Å². The Labute approximate surface area is 622 Å². The monoisotopic (exact) mass is 1770 g/mol. The Morgan fingerprint density at radius 2 is 1.00 bits per heavy atom. The van der Waals surface area contributed by atoms with E-state index in [-0.39, 0.29) is 43.8 Å². The molecule has 96 heavy (non-hydrogen) atoms. The smallest absolute Gasteiger partial charge is 0.185 e. The number of aryl methyl sites for hydroxylation is 8. The maximum Gasteiger partial charge on any atom is 0.185 e. The van der Waals surface area contributed by atoms with E-state index in [1.165, 1.54) is 69.2 Å². The minimum absolute atomic E-state index is 0. The van der Waals surface area contributed by atoms with Crippen LogP contribution in [0.3, 0.4) is 0 Å². The number of aromatic nitrogens is 3. The first kappa shape index (κ1) is 89.0. The number of nitrogens with two attached hydrogens (primary N) is 2. The molecular formula is C76H98F2I4N6O8. The number of imidazole rings is 1. The first-order chi connectivity index (χ1) is 44.9. The van der Waals surface area contributed by atoms with Crippen molar-refractivity contribution in [2.75, 3.05) is 6.54 Å². The second kappa shape index (κ2) is 50.3. The van der Waals surface area contributed by atoms with E-state index in [1.807, 2.05) is 63.4 Å². The van der Waals surface area contributed by atoms with Gasteiger partial charge in [-0.2, -0.15) is 0 Å². The summed E-state index contributed by atoms with van der Waals surface area (Å²) in [5.41, 5.74) is 20.6. The molecular weight excluding hydrogens is 1670 g/mol. The summed E-state index contributed by atoms with van der Waals surface area (Å²) in [7, 11) is 0. The molecule has 10 rings (SSSR count). The minimum atomic E-state index is -0.558. The van der Waals surface area contributed by atoms with Crippen LogP contribution in [0, 0.1) is 25.9 Å². The fourth-order valence-electron chi connectivity index (χ4n) is 7.75. The Hall–Kier alpha value is -7.04. The van der Waals surface area contributed by atoms with Gasteiger partial charge in [-0.25, -0.2) is 13.8 Å². The number of para-hydroxylation sites is 1. The van der Waals surface area contributed by atoms with Gasteiger partial charge < -0.3 is 61.9 Å². The number of hydrogen-bond donors (Lipinski definition) is 11. The zero-order valence-corrected chi connectivity index (χ0v) is 63.4. The SMILES string of the molecule is C.C.CCCCN=C(N)N.CCc1c[nH]c2ccccc12.CCc1cc(I)c(Oc2cc(I)c(O)c(I)c2)c(I)c1.CCc1ccc(F)c(O)c1.CCc1ccc(O)c(F)c1.CCc1ccc(O)c(O)c1.CCc1ccc(O)cc1.CCc1cccc(O)c1.CCc1cnc[nH]1. The van der Waals surface area contributed by atoms with Crippen molar-refractivity contribution in [3.8, 4) is 51.7 Å². The Kier molecular flexibility index (Phi) is 46.6. The van der Waals surface area contributed by atoms with Gasteiger partial charge in [0.25, 0.3) is 0 Å². The summed E-state index contributed by atoms with van der Waals surface area (Å²) in [5, 5.41) is 64.4. The van der Waals surface area contributed by atoms with Crippen molar-refractivity contribution in [2.45, 2.75) is 141 Å². The summed E-state index contributed by atoms with van der Waals surface area (Å²) < 4.78 is 34.7. The van der Waals surface area contributed by atoms with Gasteiger partial charge in [0.15, 0.2) is 46.3 Å². The highest BCUT2D eigenvalue weighted by atomic mass is 127. The average molecular weight is 1770 g/mol. The highest BCUT2D eigenvalue weighted by molar-refractivity contribution is 14.1. The number of rotatable bonds is 13. The fourth-order valence-corrected chi connectivity index (χ4v) is 11.6. The summed E-state index contributed by atoms with van der Waals surface area (Å²) in [6.07, 6.45) is 15.5. The van der Waals surface area contributed by atoms with Crippen LogP contribution in [-0.2, 0) is 51.4 Å². The second-order valence-corrected chi connectivity index (χ2v) is 25.0. The molecule has 0 saturated carbocycles. The van der Waals surface area contributed by atoms with Crippen molar-refractivity contribution in [3.63, 3.8) is 0 Å². The van der Waals surface area contributed by atoms with Gasteiger partial charge in [-0.15, -0.1) is 0 Å². The number of ether oxygens (including phenoxy) is 1. The van der Waals surface area contributed by atoms with Crippen LogP contribution in [0.1, 0.15) is 135 Å². The van der Waals surface area contributed by atoms with Crippen LogP contribution in [0.15, 0.2) is 175 Å². The van der Waals surface area contributed by atoms with E-state index in [9.17, 15) is 13.9 Å². The zero-order chi connectivity index (χ0) is 70.1. The molecule has 20 heteroatoms. The van der Waals surface area contributed by atoms with Gasteiger partial charge in [0.05, 0.1) is 20.6 Å². The zero-order valence-electron chi connectivity index (χ0n) is 54.8. The number of phenols is 7. The summed E-state index contributed by atoms with van der Waals surface area (Å²) in [6, 6.07) is 44.6. The fraction of sp³-hybridized carbons (Fsp3) is 0.289. The van der Waals surface area contributed by atoms with E-state index in [4.69, 9.17) is 46.8 Å². The number of aliphatic imine (C=N–C) groups is 1. The molecule has 14 nitrogen and oxygen atoms in total. The summed E-state index contributed by atoms with van der Waals surface area (Å²) in [5.74, 6) is 1.08. The molecule has 0 fully saturated rings. The number of aromatic amines is 2. The molecule has 13 N–H and O–H groups in total. The molecule has 0 aliphatic carbocycles. The van der Waals surface area contributed by atoms with E-state index in [1.54, 1.807) is 54.9 Å². The molecule has 0 saturated heterocycles. The lowest BCUT2D eigenvalue weighted by molar-refractivity contribution is 0.403. The third-order valence-corrected chi connectivity index (χ3v) is 16.7. The Morgan fingerprint density at radius 3 is 1.46 bits per heavy atom. The van der Waals surface area contributed by atoms with Crippen molar-refractivity contribution in [3.05, 3.63) is 241 Å².